The van der Waals surface area contributed by atoms with E-state index in [2.05, 4.69) is 43.3 Å². The second-order valence-electron chi connectivity index (χ2n) is 8.96. The van der Waals surface area contributed by atoms with Gasteiger partial charge in [0.05, 0.1) is 0 Å². The fourth-order valence-corrected chi connectivity index (χ4v) is 6.12. The standard InChI is InChI=1S/C25H31NO2/c1-17-22-15-20-9-10-21(27)16-23(20)25(17,12-5-8-24(26)28)13-11-19(22)14-18-6-3-2-4-7-18/h2-4,6-7,9-10,16-17,19,22,27H,5,8,11-15H2,1H3,(H2,26,28)/t17-,19?,22+,25+/m0/s1. The molecule has 28 heavy (non-hydrogen) atoms. The zero-order chi connectivity index (χ0) is 19.7. The molecule has 148 valence electrons. The SMILES string of the molecule is C[C@H]1[C@H]2Cc3ccc(O)cc3[C@]1(CCCC(N)=O)CCC2Cc1ccccc1. The summed E-state index contributed by atoms with van der Waals surface area (Å²) < 4.78 is 0. The van der Waals surface area contributed by atoms with Crippen molar-refractivity contribution in [2.45, 2.75) is 57.3 Å². The van der Waals surface area contributed by atoms with Crippen LogP contribution in [0.1, 0.15) is 55.7 Å². The largest absolute Gasteiger partial charge is 0.508 e. The van der Waals surface area contributed by atoms with Crippen LogP contribution in [0.15, 0.2) is 48.5 Å². The van der Waals surface area contributed by atoms with E-state index in [1.54, 1.807) is 0 Å². The van der Waals surface area contributed by atoms with Gasteiger partial charge in [0, 0.05) is 6.42 Å². The number of amides is 1. The van der Waals surface area contributed by atoms with E-state index >= 15 is 0 Å². The van der Waals surface area contributed by atoms with E-state index in [4.69, 9.17) is 5.73 Å². The Labute approximate surface area is 168 Å². The number of hydrogen-bond donors (Lipinski definition) is 2. The zero-order valence-corrected chi connectivity index (χ0v) is 16.7. The number of hydrogen-bond acceptors (Lipinski definition) is 2. The quantitative estimate of drug-likeness (QED) is 0.763. The summed E-state index contributed by atoms with van der Waals surface area (Å²) in [6, 6.07) is 16.8. The van der Waals surface area contributed by atoms with Crippen LogP contribution in [-0.2, 0) is 23.1 Å². The summed E-state index contributed by atoms with van der Waals surface area (Å²) in [5, 5.41) is 10.2. The molecule has 2 aliphatic carbocycles. The van der Waals surface area contributed by atoms with Gasteiger partial charge in [-0.25, -0.2) is 0 Å². The van der Waals surface area contributed by atoms with Crippen LogP contribution in [-0.4, -0.2) is 11.0 Å². The van der Waals surface area contributed by atoms with E-state index in [1.165, 1.54) is 23.1 Å². The summed E-state index contributed by atoms with van der Waals surface area (Å²) in [5.41, 5.74) is 9.60. The summed E-state index contributed by atoms with van der Waals surface area (Å²) in [7, 11) is 0. The highest BCUT2D eigenvalue weighted by molar-refractivity contribution is 5.73. The Morgan fingerprint density at radius 3 is 2.75 bits per heavy atom. The third kappa shape index (κ3) is 3.43. The molecule has 0 saturated heterocycles. The Balaban J connectivity index is 1.66. The van der Waals surface area contributed by atoms with Gasteiger partial charge in [0.15, 0.2) is 0 Å². The van der Waals surface area contributed by atoms with Crippen molar-refractivity contribution in [3.63, 3.8) is 0 Å². The molecule has 1 fully saturated rings. The van der Waals surface area contributed by atoms with Crippen LogP contribution >= 0.6 is 0 Å². The summed E-state index contributed by atoms with van der Waals surface area (Å²) in [5.74, 6) is 2.00. The highest BCUT2D eigenvalue weighted by atomic mass is 16.3. The Hall–Kier alpha value is -2.29. The van der Waals surface area contributed by atoms with Crippen molar-refractivity contribution in [1.29, 1.82) is 0 Å². The molecule has 0 radical (unpaired) electrons. The van der Waals surface area contributed by atoms with Crippen LogP contribution in [0.5, 0.6) is 5.75 Å². The lowest BCUT2D eigenvalue weighted by Crippen LogP contribution is -2.50. The molecule has 0 heterocycles. The van der Waals surface area contributed by atoms with Crippen LogP contribution in [0, 0.1) is 17.8 Å². The number of primary amides is 1. The first-order valence-electron chi connectivity index (χ1n) is 10.6. The molecule has 0 aromatic heterocycles. The van der Waals surface area contributed by atoms with E-state index in [0.717, 1.165) is 32.1 Å². The first-order chi connectivity index (χ1) is 13.5. The molecular formula is C25H31NO2. The number of phenols is 1. The van der Waals surface area contributed by atoms with Gasteiger partial charge in [-0.1, -0.05) is 43.3 Å². The molecule has 4 atom stereocenters. The van der Waals surface area contributed by atoms with E-state index in [-0.39, 0.29) is 11.3 Å². The van der Waals surface area contributed by atoms with Gasteiger partial charge < -0.3 is 10.8 Å². The fourth-order valence-electron chi connectivity index (χ4n) is 6.12. The minimum atomic E-state index is -0.217. The number of nitrogens with two attached hydrogens (primary N) is 1. The molecule has 3 nitrogen and oxygen atoms in total. The lowest BCUT2D eigenvalue weighted by Gasteiger charge is -2.55. The number of rotatable bonds is 6. The highest BCUT2D eigenvalue weighted by Crippen LogP contribution is 2.57. The van der Waals surface area contributed by atoms with Gasteiger partial charge in [0.1, 0.15) is 5.75 Å². The van der Waals surface area contributed by atoms with Crippen LogP contribution in [0.3, 0.4) is 0 Å². The van der Waals surface area contributed by atoms with Gasteiger partial charge in [-0.3, -0.25) is 4.79 Å². The monoisotopic (exact) mass is 377 g/mol. The lowest BCUT2D eigenvalue weighted by atomic mass is 9.49. The molecule has 1 unspecified atom stereocenters. The molecule has 4 rings (SSSR count). The van der Waals surface area contributed by atoms with Crippen molar-refractivity contribution in [2.24, 2.45) is 23.5 Å². The summed E-state index contributed by atoms with van der Waals surface area (Å²) in [4.78, 5) is 11.3. The molecule has 0 spiro atoms. The lowest BCUT2D eigenvalue weighted by molar-refractivity contribution is -0.118. The smallest absolute Gasteiger partial charge is 0.217 e. The molecule has 2 aromatic rings. The van der Waals surface area contributed by atoms with Crippen LogP contribution < -0.4 is 5.73 Å². The number of phenolic OH excluding ortho intramolecular Hbond substituents is 1. The second-order valence-corrected chi connectivity index (χ2v) is 8.96. The Kier molecular flexibility index (Phi) is 5.18. The number of aromatic hydroxyl groups is 1. The average molecular weight is 378 g/mol. The van der Waals surface area contributed by atoms with Crippen molar-refractivity contribution in [3.05, 3.63) is 65.2 Å². The second kappa shape index (κ2) is 7.62. The maximum atomic E-state index is 11.3. The molecule has 1 saturated carbocycles. The number of benzene rings is 2. The number of carbonyl (C=O) groups excluding carboxylic acids is 1. The number of carbonyl (C=O) groups is 1. The predicted molar refractivity (Wildman–Crippen MR) is 112 cm³/mol. The van der Waals surface area contributed by atoms with Crippen molar-refractivity contribution in [2.75, 3.05) is 0 Å². The van der Waals surface area contributed by atoms with Gasteiger partial charge in [0.25, 0.3) is 0 Å². The van der Waals surface area contributed by atoms with Gasteiger partial charge in [-0.2, -0.15) is 0 Å². The summed E-state index contributed by atoms with van der Waals surface area (Å²) in [6.07, 6.45) is 6.80. The van der Waals surface area contributed by atoms with Gasteiger partial charge in [0.2, 0.25) is 5.91 Å². The van der Waals surface area contributed by atoms with E-state index in [1.807, 2.05) is 12.1 Å². The highest BCUT2D eigenvalue weighted by Gasteiger charge is 2.51. The van der Waals surface area contributed by atoms with E-state index < -0.39 is 0 Å². The van der Waals surface area contributed by atoms with Crippen molar-refractivity contribution in [1.82, 2.24) is 0 Å². The van der Waals surface area contributed by atoms with Gasteiger partial charge in [-0.15, -0.1) is 0 Å². The van der Waals surface area contributed by atoms with Crippen molar-refractivity contribution >= 4 is 5.91 Å². The fraction of sp³-hybridized carbons (Fsp3) is 0.480. The normalized spacial score (nSPS) is 28.5. The first kappa shape index (κ1) is 19.0. The Bertz CT molecular complexity index is 847. The average Bonchev–Trinajstić information content (AvgIpc) is 2.67. The van der Waals surface area contributed by atoms with Gasteiger partial charge >= 0.3 is 0 Å². The van der Waals surface area contributed by atoms with Crippen LogP contribution in [0.25, 0.3) is 0 Å². The third-order valence-electron chi connectivity index (χ3n) is 7.55. The van der Waals surface area contributed by atoms with Gasteiger partial charge in [-0.05, 0) is 90.5 Å². The summed E-state index contributed by atoms with van der Waals surface area (Å²) >= 11 is 0. The Morgan fingerprint density at radius 2 is 2.00 bits per heavy atom. The van der Waals surface area contributed by atoms with Crippen molar-refractivity contribution in [3.8, 4) is 5.75 Å². The number of fused-ring (bicyclic) bond motifs is 4. The molecule has 2 bridgehead atoms. The minimum absolute atomic E-state index is 0.0552. The summed E-state index contributed by atoms with van der Waals surface area (Å²) in [6.45, 7) is 2.40. The molecule has 3 N–H and O–H groups in total. The predicted octanol–water partition coefficient (Wildman–Crippen LogP) is 4.75. The maximum absolute atomic E-state index is 11.3. The van der Waals surface area contributed by atoms with Crippen LogP contribution in [0.4, 0.5) is 0 Å². The molecule has 0 aliphatic heterocycles. The Morgan fingerprint density at radius 1 is 1.21 bits per heavy atom. The molecule has 3 heteroatoms. The molecule has 1 amide bonds. The van der Waals surface area contributed by atoms with Crippen molar-refractivity contribution < 1.29 is 9.90 Å². The maximum Gasteiger partial charge on any atom is 0.217 e. The molecular weight excluding hydrogens is 346 g/mol. The van der Waals surface area contributed by atoms with Crippen LogP contribution in [0.2, 0.25) is 0 Å². The molecule has 2 aliphatic rings. The first-order valence-corrected chi connectivity index (χ1v) is 10.6. The topological polar surface area (TPSA) is 63.3 Å². The molecule has 2 aromatic carbocycles. The van der Waals surface area contributed by atoms with E-state index in [9.17, 15) is 9.90 Å². The van der Waals surface area contributed by atoms with E-state index in [0.29, 0.717) is 29.9 Å². The minimum Gasteiger partial charge on any atom is -0.508 e. The third-order valence-corrected chi connectivity index (χ3v) is 7.55. The zero-order valence-electron chi connectivity index (χ0n) is 16.7.